The Morgan fingerprint density at radius 1 is 0.786 bits per heavy atom. The first-order valence-corrected chi connectivity index (χ1v) is 5.18. The third-order valence-electron chi connectivity index (χ3n) is 2.03. The molecule has 0 aliphatic rings. The molecule has 85 valence electrons. The Balaban J connectivity index is -0.000000177. The average molecular weight is 279 g/mol. The second-order valence-corrected chi connectivity index (χ2v) is 4.59. The monoisotopic (exact) mass is 279 g/mol. The van der Waals surface area contributed by atoms with E-state index >= 15 is 0 Å². The second-order valence-electron chi connectivity index (χ2n) is 4.59. The molecule has 0 atom stereocenters. The SMILES string of the molecule is CC(C)(C)[NH-].CCC([NH-])(CC)CC.[Nb+2]. The van der Waals surface area contributed by atoms with Crippen molar-refractivity contribution in [2.24, 2.45) is 0 Å². The van der Waals surface area contributed by atoms with Gasteiger partial charge in [-0.25, -0.2) is 0 Å². The van der Waals surface area contributed by atoms with E-state index < -0.39 is 0 Å². The fraction of sp³-hybridized carbons (Fsp3) is 1.00. The van der Waals surface area contributed by atoms with Crippen LogP contribution in [0, 0.1) is 0 Å². The molecule has 2 nitrogen and oxygen atoms in total. The summed E-state index contributed by atoms with van der Waals surface area (Å²) in [6.45, 7) is 11.8. The number of hydrogen-bond acceptors (Lipinski definition) is 0. The molecule has 2 N–H and O–H groups in total. The summed E-state index contributed by atoms with van der Waals surface area (Å²) in [6, 6.07) is 0. The predicted octanol–water partition coefficient (Wildman–Crippen LogP) is 4.84. The van der Waals surface area contributed by atoms with Crippen LogP contribution in [0.1, 0.15) is 60.8 Å². The second kappa shape index (κ2) is 8.93. The zero-order valence-corrected chi connectivity index (χ0v) is 12.8. The molecule has 0 amide bonds. The van der Waals surface area contributed by atoms with E-state index in [1.807, 2.05) is 20.8 Å². The summed E-state index contributed by atoms with van der Waals surface area (Å²) >= 11 is 0. The van der Waals surface area contributed by atoms with Gasteiger partial charge < -0.3 is 11.5 Å². The van der Waals surface area contributed by atoms with E-state index in [4.69, 9.17) is 11.5 Å². The Morgan fingerprint density at radius 2 is 0.929 bits per heavy atom. The number of hydrogen-bond donors (Lipinski definition) is 0. The Hall–Kier alpha value is 0.660. The van der Waals surface area contributed by atoms with Gasteiger partial charge in [0.15, 0.2) is 0 Å². The van der Waals surface area contributed by atoms with Gasteiger partial charge >= 0.3 is 22.4 Å². The van der Waals surface area contributed by atoms with Gasteiger partial charge in [-0.1, -0.05) is 60.8 Å². The van der Waals surface area contributed by atoms with Crippen LogP contribution >= 0.6 is 0 Å². The van der Waals surface area contributed by atoms with Crippen LogP contribution in [0.4, 0.5) is 0 Å². The Bertz CT molecular complexity index is 101. The van der Waals surface area contributed by atoms with Gasteiger partial charge in [-0.3, -0.25) is 0 Å². The summed E-state index contributed by atoms with van der Waals surface area (Å²) in [6.07, 6.45) is 2.96. The zero-order chi connectivity index (χ0) is 11.1. The maximum Gasteiger partial charge on any atom is 2.00 e. The third kappa shape index (κ3) is 18.4. The van der Waals surface area contributed by atoms with Crippen molar-refractivity contribution in [3.8, 4) is 0 Å². The summed E-state index contributed by atoms with van der Waals surface area (Å²) in [7, 11) is 0. The van der Waals surface area contributed by atoms with E-state index in [0.717, 1.165) is 19.3 Å². The summed E-state index contributed by atoms with van der Waals surface area (Å²) in [5, 5.41) is 0. The van der Waals surface area contributed by atoms with Crippen LogP contribution < -0.4 is 0 Å². The van der Waals surface area contributed by atoms with Crippen LogP contribution in [-0.4, -0.2) is 11.1 Å². The van der Waals surface area contributed by atoms with Crippen LogP contribution in [0.5, 0.6) is 0 Å². The first-order chi connectivity index (χ1) is 5.68. The standard InChI is InChI=1S/C7H16N.C4H10N.Nb/c1-4-7(8,5-2)6-3;1-4(2,3)5;/h8H,4-6H2,1-3H3;5H,1-3H3;/q2*-1;+2. The van der Waals surface area contributed by atoms with Crippen molar-refractivity contribution in [3.63, 3.8) is 0 Å². The van der Waals surface area contributed by atoms with Crippen LogP contribution in [0.25, 0.3) is 11.5 Å². The Kier molecular flexibility index (Phi) is 12.8. The average Bonchev–Trinajstić information content (AvgIpc) is 2.00. The molecule has 3 heteroatoms. The van der Waals surface area contributed by atoms with Gasteiger partial charge in [0.2, 0.25) is 0 Å². The molecular weight excluding hydrogens is 253 g/mol. The number of nitrogens with one attached hydrogen (secondary N) is 2. The summed E-state index contributed by atoms with van der Waals surface area (Å²) in [5.41, 5.74) is 14.2. The molecule has 0 bridgehead atoms. The quantitative estimate of drug-likeness (QED) is 0.663. The van der Waals surface area contributed by atoms with E-state index in [0.29, 0.717) is 0 Å². The minimum atomic E-state index is -0.250. The van der Waals surface area contributed by atoms with Gasteiger partial charge in [0.25, 0.3) is 0 Å². The first kappa shape index (κ1) is 20.1. The molecule has 0 aromatic rings. The van der Waals surface area contributed by atoms with Crippen LogP contribution in [0.15, 0.2) is 0 Å². The first-order valence-electron chi connectivity index (χ1n) is 5.18. The molecule has 0 saturated carbocycles. The molecule has 0 unspecified atom stereocenters. The van der Waals surface area contributed by atoms with Gasteiger partial charge in [-0.15, -0.1) is 11.1 Å². The van der Waals surface area contributed by atoms with Gasteiger partial charge in [-0.2, -0.15) is 0 Å². The summed E-state index contributed by atoms with van der Waals surface area (Å²) in [4.78, 5) is 0. The van der Waals surface area contributed by atoms with Crippen molar-refractivity contribution in [3.05, 3.63) is 11.5 Å². The van der Waals surface area contributed by atoms with E-state index in [2.05, 4.69) is 20.8 Å². The zero-order valence-electron chi connectivity index (χ0n) is 10.6. The van der Waals surface area contributed by atoms with Gasteiger partial charge in [0.05, 0.1) is 0 Å². The minimum Gasteiger partial charge on any atom is -0.673 e. The van der Waals surface area contributed by atoms with E-state index in [1.54, 1.807) is 0 Å². The van der Waals surface area contributed by atoms with Crippen molar-refractivity contribution in [2.45, 2.75) is 71.9 Å². The molecular formula is C11H26N2Nb. The largest absolute Gasteiger partial charge is 2.00 e. The van der Waals surface area contributed by atoms with E-state index in [-0.39, 0.29) is 33.5 Å². The molecule has 14 heavy (non-hydrogen) atoms. The van der Waals surface area contributed by atoms with Gasteiger partial charge in [0, 0.05) is 0 Å². The summed E-state index contributed by atoms with van der Waals surface area (Å²) in [5.74, 6) is 0. The normalized spacial score (nSPS) is 11.1. The number of rotatable bonds is 3. The minimum absolute atomic E-state index is 0. The molecule has 0 aromatic carbocycles. The fourth-order valence-electron chi connectivity index (χ4n) is 0.750. The Labute approximate surface area is 106 Å². The molecule has 0 spiro atoms. The van der Waals surface area contributed by atoms with Crippen molar-refractivity contribution in [1.82, 2.24) is 0 Å². The van der Waals surface area contributed by atoms with Crippen molar-refractivity contribution in [1.29, 1.82) is 0 Å². The Morgan fingerprint density at radius 3 is 0.929 bits per heavy atom. The van der Waals surface area contributed by atoms with E-state index in [9.17, 15) is 0 Å². The predicted molar refractivity (Wildman–Crippen MR) is 62.0 cm³/mol. The van der Waals surface area contributed by atoms with Crippen molar-refractivity contribution >= 4 is 0 Å². The van der Waals surface area contributed by atoms with Crippen LogP contribution in [0.3, 0.4) is 0 Å². The molecule has 0 saturated heterocycles. The van der Waals surface area contributed by atoms with Crippen molar-refractivity contribution in [2.75, 3.05) is 0 Å². The molecule has 0 rings (SSSR count). The smallest absolute Gasteiger partial charge is 0.673 e. The summed E-state index contributed by atoms with van der Waals surface area (Å²) < 4.78 is 0. The molecule has 0 aromatic heterocycles. The molecule has 0 fully saturated rings. The van der Waals surface area contributed by atoms with Gasteiger partial charge in [-0.05, 0) is 0 Å². The molecule has 1 radical (unpaired) electrons. The maximum atomic E-state index is 7.67. The molecule has 0 heterocycles. The van der Waals surface area contributed by atoms with Crippen LogP contribution in [0.2, 0.25) is 0 Å². The van der Waals surface area contributed by atoms with Crippen molar-refractivity contribution < 1.29 is 22.4 Å². The van der Waals surface area contributed by atoms with Crippen LogP contribution in [-0.2, 0) is 22.4 Å². The van der Waals surface area contributed by atoms with E-state index in [1.165, 1.54) is 0 Å². The molecule has 0 aliphatic heterocycles. The van der Waals surface area contributed by atoms with Gasteiger partial charge in [0.1, 0.15) is 0 Å². The maximum absolute atomic E-state index is 7.67. The molecule has 0 aliphatic carbocycles. The fourth-order valence-corrected chi connectivity index (χ4v) is 0.750. The topological polar surface area (TPSA) is 47.6 Å². The third-order valence-corrected chi connectivity index (χ3v) is 2.03.